The Balaban J connectivity index is 1.69. The monoisotopic (exact) mass is 391 g/mol. The van der Waals surface area contributed by atoms with E-state index in [-0.39, 0.29) is 33.7 Å². The van der Waals surface area contributed by atoms with Crippen molar-refractivity contribution in [3.05, 3.63) is 57.7 Å². The van der Waals surface area contributed by atoms with Gasteiger partial charge in [0, 0.05) is 12.6 Å². The fourth-order valence-corrected chi connectivity index (χ4v) is 3.32. The highest BCUT2D eigenvalue weighted by Gasteiger charge is 2.47. The van der Waals surface area contributed by atoms with Crippen molar-refractivity contribution in [3.63, 3.8) is 0 Å². The van der Waals surface area contributed by atoms with Crippen LogP contribution in [0.1, 0.15) is 22.3 Å². The van der Waals surface area contributed by atoms with Crippen LogP contribution in [0.15, 0.2) is 36.5 Å². The van der Waals surface area contributed by atoms with Crippen LogP contribution >= 0.6 is 23.2 Å². The van der Waals surface area contributed by atoms with Crippen LogP contribution in [0.5, 0.6) is 0 Å². The first-order valence-corrected chi connectivity index (χ1v) is 8.64. The predicted octanol–water partition coefficient (Wildman–Crippen LogP) is 2.87. The van der Waals surface area contributed by atoms with Crippen LogP contribution in [0.3, 0.4) is 0 Å². The van der Waals surface area contributed by atoms with E-state index in [1.807, 2.05) is 0 Å². The average molecular weight is 392 g/mol. The number of nitrogens with zero attached hydrogens (tertiary/aromatic N) is 1. The van der Waals surface area contributed by atoms with Gasteiger partial charge in [0.2, 0.25) is 11.8 Å². The first-order valence-electron chi connectivity index (χ1n) is 7.89. The third-order valence-electron chi connectivity index (χ3n) is 4.17. The summed E-state index contributed by atoms with van der Waals surface area (Å²) in [7, 11) is 0. The number of carbonyl (C=O) groups excluding carboxylic acids is 3. The van der Waals surface area contributed by atoms with Crippen LogP contribution in [0.4, 0.5) is 5.82 Å². The fourth-order valence-electron chi connectivity index (χ4n) is 2.71. The Hall–Kier alpha value is -2.44. The first-order chi connectivity index (χ1) is 12.4. The zero-order valence-electron chi connectivity index (χ0n) is 13.5. The average Bonchev–Trinajstić information content (AvgIpc) is 3.36. The number of nitrogens with two attached hydrogens (primary N) is 1. The number of primary amides is 1. The minimum absolute atomic E-state index is 0.0577. The van der Waals surface area contributed by atoms with E-state index in [1.165, 1.54) is 6.20 Å². The van der Waals surface area contributed by atoms with Gasteiger partial charge in [0.25, 0.3) is 0 Å². The number of aromatic nitrogens is 1. The molecule has 1 heterocycles. The van der Waals surface area contributed by atoms with Gasteiger partial charge in [0.05, 0.1) is 27.4 Å². The zero-order chi connectivity index (χ0) is 18.8. The number of Topliss-reactive ketones (excluding diaryl/α,β-unsaturated/α-hetero) is 1. The van der Waals surface area contributed by atoms with Gasteiger partial charge in [-0.25, -0.2) is 4.98 Å². The number of ketones is 1. The lowest BCUT2D eigenvalue weighted by Crippen LogP contribution is -2.21. The van der Waals surface area contributed by atoms with E-state index < -0.39 is 17.7 Å². The largest absolute Gasteiger partial charge is 0.369 e. The summed E-state index contributed by atoms with van der Waals surface area (Å²) in [6.45, 7) is 0. The molecule has 3 N–H and O–H groups in total. The van der Waals surface area contributed by atoms with Gasteiger partial charge in [-0.15, -0.1) is 0 Å². The molecule has 1 fully saturated rings. The third kappa shape index (κ3) is 4.03. The number of pyridine rings is 1. The van der Waals surface area contributed by atoms with Crippen molar-refractivity contribution < 1.29 is 14.4 Å². The molecule has 26 heavy (non-hydrogen) atoms. The van der Waals surface area contributed by atoms with Crippen LogP contribution in [0, 0.1) is 11.8 Å². The molecular formula is C18H15Cl2N3O3. The van der Waals surface area contributed by atoms with Crippen LogP contribution in [0.2, 0.25) is 10.0 Å². The Bertz CT molecular complexity index is 881. The highest BCUT2D eigenvalue weighted by atomic mass is 35.5. The van der Waals surface area contributed by atoms with Gasteiger partial charge in [-0.1, -0.05) is 29.3 Å². The van der Waals surface area contributed by atoms with Crippen molar-refractivity contribution in [1.82, 2.24) is 4.98 Å². The third-order valence-corrected chi connectivity index (χ3v) is 4.80. The summed E-state index contributed by atoms with van der Waals surface area (Å²) in [5.74, 6) is -1.54. The van der Waals surface area contributed by atoms with Gasteiger partial charge in [0.15, 0.2) is 5.78 Å². The Kier molecular flexibility index (Phi) is 5.25. The molecule has 0 radical (unpaired) electrons. The molecule has 0 aliphatic heterocycles. The van der Waals surface area contributed by atoms with E-state index in [9.17, 15) is 14.4 Å². The molecule has 1 saturated carbocycles. The number of carbonyl (C=O) groups is 3. The number of hydrogen-bond acceptors (Lipinski definition) is 4. The standard InChI is InChI=1S/C18H15Cl2N3O3/c19-12-2-1-3-13(20)16(12)14(24)6-9-4-5-22-15(7-9)23-18(26)11-8-10(11)17(21)25/h1-5,7,10-11H,6,8H2,(H2,21,25)(H,22,23,26)/t10-,11+/m1/s1. The highest BCUT2D eigenvalue weighted by Crippen LogP contribution is 2.38. The van der Waals surface area contributed by atoms with Gasteiger partial charge >= 0.3 is 0 Å². The van der Waals surface area contributed by atoms with E-state index in [1.54, 1.807) is 30.3 Å². The minimum Gasteiger partial charge on any atom is -0.369 e. The number of anilines is 1. The predicted molar refractivity (Wildman–Crippen MR) is 98.2 cm³/mol. The molecule has 0 unspecified atom stereocenters. The number of benzene rings is 1. The number of amides is 2. The highest BCUT2D eigenvalue weighted by molar-refractivity contribution is 6.39. The van der Waals surface area contributed by atoms with Crippen LogP contribution in [-0.4, -0.2) is 22.6 Å². The maximum absolute atomic E-state index is 12.5. The van der Waals surface area contributed by atoms with E-state index in [0.717, 1.165) is 0 Å². The molecule has 2 aromatic rings. The van der Waals surface area contributed by atoms with Gasteiger partial charge in [-0.2, -0.15) is 0 Å². The maximum atomic E-state index is 12.5. The molecule has 2 atom stereocenters. The van der Waals surface area contributed by atoms with Crippen LogP contribution < -0.4 is 11.1 Å². The molecule has 134 valence electrons. The molecular weight excluding hydrogens is 377 g/mol. The Labute approximate surface area is 159 Å². The molecule has 1 aliphatic rings. The lowest BCUT2D eigenvalue weighted by molar-refractivity contribution is -0.123. The first kappa shape index (κ1) is 18.4. The zero-order valence-corrected chi connectivity index (χ0v) is 15.1. The summed E-state index contributed by atoms with van der Waals surface area (Å²) in [6, 6.07) is 8.13. The second kappa shape index (κ2) is 7.43. The maximum Gasteiger partial charge on any atom is 0.229 e. The molecule has 6 nitrogen and oxygen atoms in total. The van der Waals surface area contributed by atoms with Gasteiger partial charge in [-0.05, 0) is 36.2 Å². The van der Waals surface area contributed by atoms with Gasteiger partial charge in [0.1, 0.15) is 5.82 Å². The summed E-state index contributed by atoms with van der Waals surface area (Å²) < 4.78 is 0. The molecule has 0 bridgehead atoms. The van der Waals surface area contributed by atoms with Crippen molar-refractivity contribution in [2.75, 3.05) is 5.32 Å². The molecule has 1 aromatic heterocycles. The summed E-state index contributed by atoms with van der Waals surface area (Å²) in [4.78, 5) is 39.7. The van der Waals surface area contributed by atoms with Crippen molar-refractivity contribution >= 4 is 46.6 Å². The lowest BCUT2D eigenvalue weighted by Gasteiger charge is -2.08. The Morgan fingerprint density at radius 2 is 1.85 bits per heavy atom. The van der Waals surface area contributed by atoms with Gasteiger partial charge in [-0.3, -0.25) is 14.4 Å². The number of nitrogens with one attached hydrogen (secondary N) is 1. The molecule has 2 amide bonds. The van der Waals surface area contributed by atoms with Crippen LogP contribution in [0.25, 0.3) is 0 Å². The lowest BCUT2D eigenvalue weighted by atomic mass is 10.0. The summed E-state index contributed by atoms with van der Waals surface area (Å²) in [6.07, 6.45) is 2.00. The molecule has 0 saturated heterocycles. The van der Waals surface area contributed by atoms with Crippen molar-refractivity contribution in [2.24, 2.45) is 17.6 Å². The molecule has 1 aromatic carbocycles. The number of hydrogen-bond donors (Lipinski definition) is 2. The second-order valence-electron chi connectivity index (χ2n) is 6.09. The van der Waals surface area contributed by atoms with Gasteiger partial charge < -0.3 is 11.1 Å². The van der Waals surface area contributed by atoms with E-state index >= 15 is 0 Å². The van der Waals surface area contributed by atoms with E-state index in [2.05, 4.69) is 10.3 Å². The van der Waals surface area contributed by atoms with E-state index in [0.29, 0.717) is 17.8 Å². The van der Waals surface area contributed by atoms with Crippen LogP contribution in [-0.2, 0) is 16.0 Å². The molecule has 0 spiro atoms. The minimum atomic E-state index is -0.478. The smallest absolute Gasteiger partial charge is 0.229 e. The van der Waals surface area contributed by atoms with E-state index in [4.69, 9.17) is 28.9 Å². The Morgan fingerprint density at radius 1 is 1.15 bits per heavy atom. The Morgan fingerprint density at radius 3 is 2.46 bits per heavy atom. The number of rotatable bonds is 6. The molecule has 1 aliphatic carbocycles. The topological polar surface area (TPSA) is 102 Å². The number of halogens is 2. The van der Waals surface area contributed by atoms with Crippen molar-refractivity contribution in [1.29, 1.82) is 0 Å². The second-order valence-corrected chi connectivity index (χ2v) is 6.90. The van der Waals surface area contributed by atoms with Crippen molar-refractivity contribution in [3.8, 4) is 0 Å². The quantitative estimate of drug-likeness (QED) is 0.738. The molecule has 3 rings (SSSR count). The summed E-state index contributed by atoms with van der Waals surface area (Å²) >= 11 is 12.1. The summed E-state index contributed by atoms with van der Waals surface area (Å²) in [5, 5.41) is 3.22. The fraction of sp³-hybridized carbons (Fsp3) is 0.222. The van der Waals surface area contributed by atoms with Crippen molar-refractivity contribution in [2.45, 2.75) is 12.8 Å². The molecule has 8 heteroatoms. The SMILES string of the molecule is NC(=O)[C@@H]1C[C@@H]1C(=O)Nc1cc(CC(=O)c2c(Cl)cccc2Cl)ccn1. The summed E-state index contributed by atoms with van der Waals surface area (Å²) in [5.41, 5.74) is 6.10. The normalized spacial score (nSPS) is 18.2.